The van der Waals surface area contributed by atoms with Crippen LogP contribution in [0, 0.1) is 0 Å². The van der Waals surface area contributed by atoms with Crippen LogP contribution in [0.25, 0.3) is 0 Å². The molecule has 3 rings (SSSR count). The third kappa shape index (κ3) is 3.35. The Morgan fingerprint density at radius 3 is 2.30 bits per heavy atom. The molecule has 2 aliphatic rings. The SMILES string of the molecule is O=C(c1ccccc1C(F)(F)F)N1CCC2(CC1)OCCCO2. The Kier molecular flexibility index (Phi) is 4.33. The first-order valence-electron chi connectivity index (χ1n) is 7.65. The number of piperidine rings is 1. The second kappa shape index (κ2) is 6.13. The number of alkyl halides is 3. The molecule has 1 spiro atoms. The lowest BCUT2D eigenvalue weighted by Gasteiger charge is -2.43. The van der Waals surface area contributed by atoms with Crippen molar-refractivity contribution < 1.29 is 27.4 Å². The third-order valence-electron chi connectivity index (χ3n) is 4.29. The van der Waals surface area contributed by atoms with Gasteiger partial charge in [0.25, 0.3) is 5.91 Å². The lowest BCUT2D eigenvalue weighted by Crippen LogP contribution is -2.51. The molecular formula is C16H18F3NO3. The fourth-order valence-electron chi connectivity index (χ4n) is 3.04. The quantitative estimate of drug-likeness (QED) is 0.795. The van der Waals surface area contributed by atoms with Crippen LogP contribution in [0.15, 0.2) is 24.3 Å². The zero-order valence-corrected chi connectivity index (χ0v) is 12.6. The van der Waals surface area contributed by atoms with Crippen LogP contribution < -0.4 is 0 Å². The van der Waals surface area contributed by atoms with Crippen LogP contribution >= 0.6 is 0 Å². The normalized spacial score (nSPS) is 21.4. The fraction of sp³-hybridized carbons (Fsp3) is 0.562. The maximum absolute atomic E-state index is 13.1. The molecule has 0 bridgehead atoms. The summed E-state index contributed by atoms with van der Waals surface area (Å²) in [4.78, 5) is 13.9. The van der Waals surface area contributed by atoms with Crippen LogP contribution in [0.2, 0.25) is 0 Å². The number of ether oxygens (including phenoxy) is 2. The van der Waals surface area contributed by atoms with E-state index in [1.807, 2.05) is 0 Å². The minimum Gasteiger partial charge on any atom is -0.350 e. The molecule has 2 aliphatic heterocycles. The molecule has 2 heterocycles. The van der Waals surface area contributed by atoms with Crippen molar-refractivity contribution in [3.63, 3.8) is 0 Å². The summed E-state index contributed by atoms with van der Waals surface area (Å²) < 4.78 is 50.5. The van der Waals surface area contributed by atoms with Crippen molar-refractivity contribution in [3.05, 3.63) is 35.4 Å². The van der Waals surface area contributed by atoms with E-state index in [1.165, 1.54) is 23.1 Å². The molecule has 126 valence electrons. The molecule has 23 heavy (non-hydrogen) atoms. The molecular weight excluding hydrogens is 311 g/mol. The number of carbonyl (C=O) groups is 1. The van der Waals surface area contributed by atoms with E-state index in [4.69, 9.17) is 9.47 Å². The Morgan fingerprint density at radius 1 is 1.09 bits per heavy atom. The number of benzene rings is 1. The van der Waals surface area contributed by atoms with Crippen molar-refractivity contribution in [2.45, 2.75) is 31.2 Å². The van der Waals surface area contributed by atoms with Gasteiger partial charge >= 0.3 is 6.18 Å². The summed E-state index contributed by atoms with van der Waals surface area (Å²) in [6, 6.07) is 4.89. The van der Waals surface area contributed by atoms with Gasteiger partial charge in [0, 0.05) is 25.9 Å². The van der Waals surface area contributed by atoms with E-state index in [-0.39, 0.29) is 5.56 Å². The van der Waals surface area contributed by atoms with Gasteiger partial charge in [-0.2, -0.15) is 13.2 Å². The van der Waals surface area contributed by atoms with Crippen molar-refractivity contribution in [2.24, 2.45) is 0 Å². The summed E-state index contributed by atoms with van der Waals surface area (Å²) in [5.41, 5.74) is -1.20. The minimum absolute atomic E-state index is 0.304. The second-order valence-corrected chi connectivity index (χ2v) is 5.80. The molecule has 0 N–H and O–H groups in total. The summed E-state index contributed by atoms with van der Waals surface area (Å²) >= 11 is 0. The number of hydrogen-bond acceptors (Lipinski definition) is 3. The predicted molar refractivity (Wildman–Crippen MR) is 75.8 cm³/mol. The third-order valence-corrected chi connectivity index (χ3v) is 4.29. The Labute approximate surface area is 132 Å². The molecule has 4 nitrogen and oxygen atoms in total. The average Bonchev–Trinajstić information content (AvgIpc) is 2.55. The first kappa shape index (κ1) is 16.3. The minimum atomic E-state index is -4.54. The Morgan fingerprint density at radius 2 is 1.70 bits per heavy atom. The highest BCUT2D eigenvalue weighted by atomic mass is 19.4. The molecule has 0 radical (unpaired) electrons. The highest BCUT2D eigenvalue weighted by Gasteiger charge is 2.41. The number of nitrogens with zero attached hydrogens (tertiary/aromatic N) is 1. The number of carbonyl (C=O) groups excluding carboxylic acids is 1. The first-order valence-corrected chi connectivity index (χ1v) is 7.65. The van der Waals surface area contributed by atoms with Crippen LogP contribution in [0.3, 0.4) is 0 Å². The summed E-state index contributed by atoms with van der Waals surface area (Å²) in [6.45, 7) is 1.88. The van der Waals surface area contributed by atoms with Crippen LogP contribution in [0.1, 0.15) is 35.2 Å². The number of amides is 1. The van der Waals surface area contributed by atoms with E-state index >= 15 is 0 Å². The van der Waals surface area contributed by atoms with Crippen molar-refractivity contribution >= 4 is 5.91 Å². The van der Waals surface area contributed by atoms with Gasteiger partial charge in [-0.3, -0.25) is 4.79 Å². The standard InChI is InChI=1S/C16H18F3NO3/c17-16(18,19)13-5-2-1-4-12(13)14(21)20-8-6-15(7-9-20)22-10-3-11-23-15/h1-2,4-5H,3,6-11H2. The average molecular weight is 329 g/mol. The van der Waals surface area contributed by atoms with Crippen LogP contribution in [0.5, 0.6) is 0 Å². The summed E-state index contributed by atoms with van der Waals surface area (Å²) in [7, 11) is 0. The topological polar surface area (TPSA) is 38.8 Å². The van der Waals surface area contributed by atoms with E-state index < -0.39 is 23.4 Å². The van der Waals surface area contributed by atoms with Crippen molar-refractivity contribution in [3.8, 4) is 0 Å². The molecule has 1 aromatic rings. The van der Waals surface area contributed by atoms with Gasteiger partial charge in [0.05, 0.1) is 24.3 Å². The van der Waals surface area contributed by atoms with Gasteiger partial charge in [-0.1, -0.05) is 12.1 Å². The lowest BCUT2D eigenvalue weighted by atomic mass is 10.00. The summed E-state index contributed by atoms with van der Waals surface area (Å²) in [6.07, 6.45) is -2.75. The Balaban J connectivity index is 1.73. The largest absolute Gasteiger partial charge is 0.417 e. The molecule has 1 amide bonds. The summed E-state index contributed by atoms with van der Waals surface area (Å²) in [5.74, 6) is -1.26. The molecule has 1 aromatic carbocycles. The van der Waals surface area contributed by atoms with Gasteiger partial charge < -0.3 is 14.4 Å². The number of likely N-dealkylation sites (tertiary alicyclic amines) is 1. The molecule has 0 aliphatic carbocycles. The van der Waals surface area contributed by atoms with Gasteiger partial charge in [-0.25, -0.2) is 0 Å². The monoisotopic (exact) mass is 329 g/mol. The Bertz CT molecular complexity index is 572. The van der Waals surface area contributed by atoms with E-state index in [2.05, 4.69) is 0 Å². The zero-order chi connectivity index (χ0) is 16.5. The maximum atomic E-state index is 13.1. The van der Waals surface area contributed by atoms with Gasteiger partial charge in [0.1, 0.15) is 0 Å². The van der Waals surface area contributed by atoms with Gasteiger partial charge in [0.2, 0.25) is 0 Å². The highest BCUT2D eigenvalue weighted by Crippen LogP contribution is 2.34. The molecule has 7 heteroatoms. The fourth-order valence-corrected chi connectivity index (χ4v) is 3.04. The van der Waals surface area contributed by atoms with Crippen molar-refractivity contribution in [1.29, 1.82) is 0 Å². The Hall–Kier alpha value is -1.60. The predicted octanol–water partition coefficient (Wildman–Crippen LogP) is 3.07. The molecule has 2 saturated heterocycles. The molecule has 0 unspecified atom stereocenters. The number of halogens is 3. The maximum Gasteiger partial charge on any atom is 0.417 e. The first-order chi connectivity index (χ1) is 10.9. The van der Waals surface area contributed by atoms with Crippen LogP contribution in [-0.4, -0.2) is 42.9 Å². The van der Waals surface area contributed by atoms with E-state index in [0.29, 0.717) is 39.1 Å². The van der Waals surface area contributed by atoms with Gasteiger partial charge in [-0.15, -0.1) is 0 Å². The van der Waals surface area contributed by atoms with Gasteiger partial charge in [-0.05, 0) is 18.6 Å². The van der Waals surface area contributed by atoms with E-state index in [9.17, 15) is 18.0 Å². The van der Waals surface area contributed by atoms with Crippen molar-refractivity contribution in [1.82, 2.24) is 4.90 Å². The van der Waals surface area contributed by atoms with E-state index in [0.717, 1.165) is 12.5 Å². The van der Waals surface area contributed by atoms with Crippen LogP contribution in [0.4, 0.5) is 13.2 Å². The van der Waals surface area contributed by atoms with Crippen molar-refractivity contribution in [2.75, 3.05) is 26.3 Å². The smallest absolute Gasteiger partial charge is 0.350 e. The second-order valence-electron chi connectivity index (χ2n) is 5.80. The van der Waals surface area contributed by atoms with E-state index in [1.54, 1.807) is 0 Å². The number of rotatable bonds is 1. The molecule has 2 fully saturated rings. The van der Waals surface area contributed by atoms with Gasteiger partial charge in [0.15, 0.2) is 5.79 Å². The number of hydrogen-bond donors (Lipinski definition) is 0. The highest BCUT2D eigenvalue weighted by molar-refractivity contribution is 5.96. The van der Waals surface area contributed by atoms with Crippen LogP contribution in [-0.2, 0) is 15.7 Å². The molecule has 0 atom stereocenters. The molecule has 0 aromatic heterocycles. The molecule has 0 saturated carbocycles. The zero-order valence-electron chi connectivity index (χ0n) is 12.6. The summed E-state index contributed by atoms with van der Waals surface area (Å²) in [5, 5.41) is 0. The lowest BCUT2D eigenvalue weighted by molar-refractivity contribution is -0.281.